The number of imide groups is 1. The summed E-state index contributed by atoms with van der Waals surface area (Å²) in [5.74, 6) is -0.701. The Morgan fingerprint density at radius 1 is 1.03 bits per heavy atom. The van der Waals surface area contributed by atoms with Gasteiger partial charge in [-0.15, -0.1) is 0 Å². The SMILES string of the molecule is C[C@@H](O)C[NH+]1CCN(C(=O)CN2C(=O)NC(c3ccccc3)(c3ccccc3)C2=O)CC1. The minimum atomic E-state index is -1.36. The Bertz CT molecular complexity index is 933. The first-order valence-electron chi connectivity index (χ1n) is 11.0. The molecule has 0 saturated carbocycles. The molecule has 2 aromatic rings. The lowest BCUT2D eigenvalue weighted by molar-refractivity contribution is -0.906. The number of rotatable bonds is 6. The van der Waals surface area contributed by atoms with E-state index in [1.807, 2.05) is 36.4 Å². The van der Waals surface area contributed by atoms with Crippen LogP contribution in [0.3, 0.4) is 0 Å². The summed E-state index contributed by atoms with van der Waals surface area (Å²) in [6.07, 6.45) is -0.387. The summed E-state index contributed by atoms with van der Waals surface area (Å²) in [7, 11) is 0. The highest BCUT2D eigenvalue weighted by molar-refractivity contribution is 6.11. The second-order valence-corrected chi connectivity index (χ2v) is 8.49. The number of benzene rings is 2. The lowest BCUT2D eigenvalue weighted by Gasteiger charge is -2.33. The summed E-state index contributed by atoms with van der Waals surface area (Å²) in [6.45, 7) is 4.64. The number of nitrogens with one attached hydrogen (secondary N) is 2. The fourth-order valence-electron chi connectivity index (χ4n) is 4.58. The number of aliphatic hydroxyl groups excluding tert-OH is 1. The van der Waals surface area contributed by atoms with E-state index in [1.54, 1.807) is 36.1 Å². The molecule has 4 amide bonds. The van der Waals surface area contributed by atoms with E-state index in [0.29, 0.717) is 30.8 Å². The van der Waals surface area contributed by atoms with Crippen molar-refractivity contribution in [2.24, 2.45) is 0 Å². The molecule has 0 bridgehead atoms. The van der Waals surface area contributed by atoms with Crippen LogP contribution in [-0.4, -0.2) is 78.1 Å². The van der Waals surface area contributed by atoms with E-state index in [4.69, 9.17) is 0 Å². The van der Waals surface area contributed by atoms with Gasteiger partial charge < -0.3 is 20.2 Å². The van der Waals surface area contributed by atoms with E-state index < -0.39 is 17.5 Å². The molecule has 0 aromatic heterocycles. The topological polar surface area (TPSA) is 94.4 Å². The molecule has 1 atom stereocenters. The molecule has 0 radical (unpaired) electrons. The predicted octanol–water partition coefficient (Wildman–Crippen LogP) is -0.410. The Morgan fingerprint density at radius 2 is 1.56 bits per heavy atom. The Hall–Kier alpha value is -3.23. The minimum Gasteiger partial charge on any atom is -0.388 e. The van der Waals surface area contributed by atoms with Crippen LogP contribution in [0.15, 0.2) is 60.7 Å². The predicted molar refractivity (Wildman–Crippen MR) is 118 cm³/mol. The van der Waals surface area contributed by atoms with Crippen LogP contribution in [0.5, 0.6) is 0 Å². The smallest absolute Gasteiger partial charge is 0.326 e. The monoisotopic (exact) mass is 437 g/mol. The van der Waals surface area contributed by atoms with E-state index in [1.165, 1.54) is 4.90 Å². The highest BCUT2D eigenvalue weighted by atomic mass is 16.3. The van der Waals surface area contributed by atoms with Gasteiger partial charge in [-0.1, -0.05) is 60.7 Å². The van der Waals surface area contributed by atoms with Gasteiger partial charge in [-0.25, -0.2) is 4.79 Å². The van der Waals surface area contributed by atoms with Gasteiger partial charge in [-0.05, 0) is 18.1 Å². The third-order valence-electron chi connectivity index (χ3n) is 6.22. The Balaban J connectivity index is 1.53. The molecule has 0 unspecified atom stereocenters. The van der Waals surface area contributed by atoms with Crippen molar-refractivity contribution in [3.63, 3.8) is 0 Å². The van der Waals surface area contributed by atoms with Crippen molar-refractivity contribution in [3.05, 3.63) is 71.8 Å². The molecule has 8 heteroatoms. The van der Waals surface area contributed by atoms with Crippen LogP contribution in [0.25, 0.3) is 0 Å². The van der Waals surface area contributed by atoms with Crippen LogP contribution in [0.4, 0.5) is 4.79 Å². The van der Waals surface area contributed by atoms with Gasteiger partial charge in [0.25, 0.3) is 5.91 Å². The molecule has 8 nitrogen and oxygen atoms in total. The van der Waals surface area contributed by atoms with Gasteiger partial charge in [0.1, 0.15) is 19.2 Å². The van der Waals surface area contributed by atoms with Gasteiger partial charge >= 0.3 is 6.03 Å². The zero-order valence-corrected chi connectivity index (χ0v) is 18.2. The summed E-state index contributed by atoms with van der Waals surface area (Å²) in [5, 5.41) is 12.4. The number of piperazine rings is 1. The van der Waals surface area contributed by atoms with Crippen LogP contribution < -0.4 is 10.2 Å². The Kier molecular flexibility index (Phi) is 6.25. The number of amides is 4. The average Bonchev–Trinajstić information content (AvgIpc) is 3.06. The van der Waals surface area contributed by atoms with Crippen molar-refractivity contribution in [2.75, 3.05) is 39.3 Å². The molecule has 4 rings (SSSR count). The molecule has 0 spiro atoms. The summed E-state index contributed by atoms with van der Waals surface area (Å²) in [5.41, 5.74) is -0.0651. The highest BCUT2D eigenvalue weighted by Gasteiger charge is 2.54. The molecule has 2 fully saturated rings. The van der Waals surface area contributed by atoms with Crippen molar-refractivity contribution >= 4 is 17.8 Å². The van der Waals surface area contributed by atoms with Crippen molar-refractivity contribution in [3.8, 4) is 0 Å². The number of hydrogen-bond donors (Lipinski definition) is 3. The Morgan fingerprint density at radius 3 is 2.06 bits per heavy atom. The summed E-state index contributed by atoms with van der Waals surface area (Å²) < 4.78 is 0. The maximum atomic E-state index is 13.7. The first-order chi connectivity index (χ1) is 15.4. The first kappa shape index (κ1) is 22.0. The minimum absolute atomic E-state index is 0.249. The standard InChI is InChI=1S/C24H28N4O4/c1-18(29)16-26-12-14-27(15-13-26)21(30)17-28-22(31)24(25-23(28)32,19-8-4-2-5-9-19)20-10-6-3-7-11-20/h2-11,18,29H,12-17H2,1H3,(H,25,32)/p+1/t18-/m1/s1. The number of carbonyl (C=O) groups is 3. The van der Waals surface area contributed by atoms with E-state index >= 15 is 0 Å². The quantitative estimate of drug-likeness (QED) is 0.536. The van der Waals surface area contributed by atoms with Gasteiger partial charge in [0, 0.05) is 0 Å². The van der Waals surface area contributed by atoms with Crippen LogP contribution in [0.1, 0.15) is 18.1 Å². The second-order valence-electron chi connectivity index (χ2n) is 8.49. The third-order valence-corrected chi connectivity index (χ3v) is 6.22. The lowest BCUT2D eigenvalue weighted by atomic mass is 9.82. The van der Waals surface area contributed by atoms with Gasteiger partial charge in [0.2, 0.25) is 5.91 Å². The fourth-order valence-corrected chi connectivity index (χ4v) is 4.58. The zero-order chi connectivity index (χ0) is 22.7. The average molecular weight is 438 g/mol. The van der Waals surface area contributed by atoms with Crippen LogP contribution in [-0.2, 0) is 15.1 Å². The largest absolute Gasteiger partial charge is 0.388 e. The number of aliphatic hydroxyl groups is 1. The van der Waals surface area contributed by atoms with Crippen LogP contribution in [0, 0.1) is 0 Å². The molecule has 2 aliphatic heterocycles. The van der Waals surface area contributed by atoms with Crippen LogP contribution >= 0.6 is 0 Å². The van der Waals surface area contributed by atoms with Gasteiger partial charge in [-0.3, -0.25) is 14.5 Å². The van der Waals surface area contributed by atoms with Crippen molar-refractivity contribution < 1.29 is 24.4 Å². The third kappa shape index (κ3) is 4.11. The fraction of sp³-hybridized carbons (Fsp3) is 0.375. The zero-order valence-electron chi connectivity index (χ0n) is 18.2. The van der Waals surface area contributed by atoms with Gasteiger partial charge in [-0.2, -0.15) is 0 Å². The molecule has 168 valence electrons. The molecule has 32 heavy (non-hydrogen) atoms. The molecule has 2 saturated heterocycles. The lowest BCUT2D eigenvalue weighted by Crippen LogP contribution is -3.15. The maximum absolute atomic E-state index is 13.7. The molecular weight excluding hydrogens is 408 g/mol. The van der Waals surface area contributed by atoms with Gasteiger partial charge in [0.15, 0.2) is 5.54 Å². The number of carbonyl (C=O) groups excluding carboxylic acids is 3. The molecule has 2 aromatic carbocycles. The van der Waals surface area contributed by atoms with Crippen molar-refractivity contribution in [1.82, 2.24) is 15.1 Å². The Labute approximate surface area is 187 Å². The molecule has 2 aliphatic rings. The van der Waals surface area contributed by atoms with Gasteiger partial charge in [0.05, 0.1) is 26.2 Å². The summed E-state index contributed by atoms with van der Waals surface area (Å²) >= 11 is 0. The number of quaternary nitrogens is 1. The van der Waals surface area contributed by atoms with E-state index in [-0.39, 0.29) is 18.6 Å². The summed E-state index contributed by atoms with van der Waals surface area (Å²) in [6, 6.07) is 17.6. The van der Waals surface area contributed by atoms with E-state index in [0.717, 1.165) is 18.0 Å². The van der Waals surface area contributed by atoms with Crippen molar-refractivity contribution in [2.45, 2.75) is 18.6 Å². The van der Waals surface area contributed by atoms with Crippen molar-refractivity contribution in [1.29, 1.82) is 0 Å². The van der Waals surface area contributed by atoms with Crippen LogP contribution in [0.2, 0.25) is 0 Å². The first-order valence-corrected chi connectivity index (χ1v) is 11.0. The van der Waals surface area contributed by atoms with E-state index in [2.05, 4.69) is 5.32 Å². The highest BCUT2D eigenvalue weighted by Crippen LogP contribution is 2.35. The number of hydrogen-bond acceptors (Lipinski definition) is 4. The number of urea groups is 1. The summed E-state index contributed by atoms with van der Waals surface area (Å²) in [4.78, 5) is 43.5. The molecule has 3 N–H and O–H groups in total. The molecule has 0 aliphatic carbocycles. The molecule has 2 heterocycles. The normalized spacial score (nSPS) is 19.7. The number of nitrogens with zero attached hydrogens (tertiary/aromatic N) is 2. The van der Waals surface area contributed by atoms with E-state index in [9.17, 15) is 19.5 Å². The maximum Gasteiger partial charge on any atom is 0.326 e. The molecular formula is C24H29N4O4+. The second kappa shape index (κ2) is 9.10.